The predicted molar refractivity (Wildman–Crippen MR) is 92.8 cm³/mol. The maximum atomic E-state index is 13.2. The molecule has 0 amide bonds. The summed E-state index contributed by atoms with van der Waals surface area (Å²) in [6.45, 7) is 2.01. The molecule has 0 fully saturated rings. The van der Waals surface area contributed by atoms with E-state index < -0.39 is 21.9 Å². The zero-order valence-electron chi connectivity index (χ0n) is 14.3. The van der Waals surface area contributed by atoms with Gasteiger partial charge in [0, 0.05) is 22.7 Å². The summed E-state index contributed by atoms with van der Waals surface area (Å²) < 4.78 is 68.1. The van der Waals surface area contributed by atoms with Gasteiger partial charge in [0.2, 0.25) is 10.0 Å². The summed E-state index contributed by atoms with van der Waals surface area (Å²) in [6, 6.07) is 3.31. The van der Waals surface area contributed by atoms with Crippen LogP contribution >= 0.6 is 11.3 Å². The number of aryl methyl sites for hydroxylation is 1. The van der Waals surface area contributed by atoms with Crippen LogP contribution in [0.2, 0.25) is 0 Å². The highest BCUT2D eigenvalue weighted by molar-refractivity contribution is 7.91. The van der Waals surface area contributed by atoms with Gasteiger partial charge < -0.3 is 0 Å². The van der Waals surface area contributed by atoms with Crippen LogP contribution in [0.3, 0.4) is 0 Å². The van der Waals surface area contributed by atoms with Crippen molar-refractivity contribution < 1.29 is 21.6 Å². The fraction of sp³-hybridized carbons (Fsp3) is 0.562. The molecule has 144 valence electrons. The average Bonchev–Trinajstić information content (AvgIpc) is 3.20. The first-order valence-electron chi connectivity index (χ1n) is 8.46. The first kappa shape index (κ1) is 19.4. The third kappa shape index (κ3) is 3.96. The highest BCUT2D eigenvalue weighted by Gasteiger charge is 2.39. The van der Waals surface area contributed by atoms with Crippen LogP contribution in [0.5, 0.6) is 0 Å². The lowest BCUT2D eigenvalue weighted by atomic mass is 9.95. The van der Waals surface area contributed by atoms with Crippen molar-refractivity contribution in [2.75, 3.05) is 6.54 Å². The van der Waals surface area contributed by atoms with Crippen molar-refractivity contribution in [1.82, 2.24) is 14.5 Å². The summed E-state index contributed by atoms with van der Waals surface area (Å²) in [5, 5.41) is 3.73. The van der Waals surface area contributed by atoms with Crippen molar-refractivity contribution >= 4 is 21.4 Å². The molecule has 1 aliphatic carbocycles. The minimum Gasteiger partial charge on any atom is -0.267 e. The second kappa shape index (κ2) is 7.32. The number of hydrogen-bond acceptors (Lipinski definition) is 4. The second-order valence-corrected chi connectivity index (χ2v) is 9.34. The molecule has 1 aliphatic rings. The highest BCUT2D eigenvalue weighted by Crippen LogP contribution is 2.35. The average molecular weight is 407 g/mol. The molecular formula is C16H20F3N3O2S2. The lowest BCUT2D eigenvalue weighted by Crippen LogP contribution is -2.27. The Kier molecular flexibility index (Phi) is 5.45. The fourth-order valence-corrected chi connectivity index (χ4v) is 5.49. The Morgan fingerprint density at radius 1 is 1.27 bits per heavy atom. The Morgan fingerprint density at radius 3 is 2.65 bits per heavy atom. The van der Waals surface area contributed by atoms with Gasteiger partial charge in [-0.3, -0.25) is 4.68 Å². The summed E-state index contributed by atoms with van der Waals surface area (Å²) in [7, 11) is -3.66. The summed E-state index contributed by atoms with van der Waals surface area (Å²) in [5.41, 5.74) is 0.00511. The van der Waals surface area contributed by atoms with Crippen molar-refractivity contribution in [3.63, 3.8) is 0 Å². The minimum atomic E-state index is -4.49. The molecule has 2 heterocycles. The smallest absolute Gasteiger partial charge is 0.267 e. The lowest BCUT2D eigenvalue weighted by Gasteiger charge is -2.14. The van der Waals surface area contributed by atoms with Gasteiger partial charge in [-0.05, 0) is 44.2 Å². The van der Waals surface area contributed by atoms with Gasteiger partial charge in [0.15, 0.2) is 5.69 Å². The van der Waals surface area contributed by atoms with Gasteiger partial charge in [-0.15, -0.1) is 11.3 Å². The van der Waals surface area contributed by atoms with Gasteiger partial charge in [-0.1, -0.05) is 6.92 Å². The van der Waals surface area contributed by atoms with Crippen molar-refractivity contribution in [2.24, 2.45) is 0 Å². The number of alkyl halides is 3. The largest absolute Gasteiger partial charge is 0.435 e. The van der Waals surface area contributed by atoms with Crippen molar-refractivity contribution in [1.29, 1.82) is 0 Å². The monoisotopic (exact) mass is 407 g/mol. The van der Waals surface area contributed by atoms with Crippen molar-refractivity contribution in [3.8, 4) is 0 Å². The van der Waals surface area contributed by atoms with E-state index in [1.54, 1.807) is 12.1 Å². The molecule has 2 aromatic heterocycles. The molecule has 5 nitrogen and oxygen atoms in total. The van der Waals surface area contributed by atoms with Gasteiger partial charge in [0.05, 0.1) is 6.54 Å². The molecular weight excluding hydrogens is 387 g/mol. The number of sulfonamides is 1. The van der Waals surface area contributed by atoms with Gasteiger partial charge in [0.1, 0.15) is 4.21 Å². The fourth-order valence-electron chi connectivity index (χ4n) is 3.13. The normalized spacial score (nSPS) is 15.2. The van der Waals surface area contributed by atoms with E-state index in [4.69, 9.17) is 0 Å². The molecule has 0 spiro atoms. The number of thiophene rings is 1. The molecule has 1 N–H and O–H groups in total. The van der Waals surface area contributed by atoms with Crippen LogP contribution < -0.4 is 4.72 Å². The predicted octanol–water partition coefficient (Wildman–Crippen LogP) is 3.38. The molecule has 0 saturated heterocycles. The number of aromatic nitrogens is 2. The molecule has 2 aromatic rings. The molecule has 0 saturated carbocycles. The minimum absolute atomic E-state index is 0.00684. The number of nitrogens with one attached hydrogen (secondary N) is 1. The van der Waals surface area contributed by atoms with Gasteiger partial charge >= 0.3 is 6.18 Å². The SMILES string of the molecule is CCc1ccc(S(=O)(=O)NCCn2nc(C(F)(F)F)c3c2CCCC3)s1. The summed E-state index contributed by atoms with van der Waals surface area (Å²) >= 11 is 1.19. The van der Waals surface area contributed by atoms with E-state index in [1.165, 1.54) is 16.0 Å². The Morgan fingerprint density at radius 2 is 2.00 bits per heavy atom. The van der Waals surface area contributed by atoms with E-state index in [-0.39, 0.29) is 22.9 Å². The van der Waals surface area contributed by atoms with Crippen LogP contribution in [0.4, 0.5) is 13.2 Å². The summed E-state index contributed by atoms with van der Waals surface area (Å²) in [6.07, 6.45) is -1.30. The molecule has 0 bridgehead atoms. The van der Waals surface area contributed by atoms with E-state index in [9.17, 15) is 21.6 Å². The zero-order valence-corrected chi connectivity index (χ0v) is 15.9. The lowest BCUT2D eigenvalue weighted by molar-refractivity contribution is -0.142. The van der Waals surface area contributed by atoms with Crippen LogP contribution in [0.25, 0.3) is 0 Å². The molecule has 0 atom stereocenters. The Hall–Kier alpha value is -1.39. The van der Waals surface area contributed by atoms with Crippen LogP contribution in [0.1, 0.15) is 41.6 Å². The topological polar surface area (TPSA) is 64.0 Å². The first-order chi connectivity index (χ1) is 12.2. The Labute approximate surface area is 154 Å². The molecule has 3 rings (SSSR count). The van der Waals surface area contributed by atoms with Crippen LogP contribution in [-0.4, -0.2) is 24.7 Å². The van der Waals surface area contributed by atoms with Gasteiger partial charge in [0.25, 0.3) is 0 Å². The highest BCUT2D eigenvalue weighted by atomic mass is 32.2. The summed E-state index contributed by atoms with van der Waals surface area (Å²) in [4.78, 5) is 0.960. The van der Waals surface area contributed by atoms with E-state index >= 15 is 0 Å². The van der Waals surface area contributed by atoms with E-state index in [1.807, 2.05) is 6.92 Å². The second-order valence-electron chi connectivity index (χ2n) is 6.17. The molecule has 0 radical (unpaired) electrons. The van der Waals surface area contributed by atoms with Crippen LogP contribution in [-0.2, 0) is 42.0 Å². The number of nitrogens with zero attached hydrogens (tertiary/aromatic N) is 2. The standard InChI is InChI=1S/C16H20F3N3O2S2/c1-2-11-7-8-14(25-11)26(23,24)20-9-10-22-13-6-4-3-5-12(13)15(21-22)16(17,18)19/h7-8,20H,2-6,9-10H2,1H3. The third-order valence-electron chi connectivity index (χ3n) is 4.39. The number of halogens is 3. The number of hydrogen-bond donors (Lipinski definition) is 1. The Bertz CT molecular complexity index is 885. The zero-order chi connectivity index (χ0) is 18.9. The van der Waals surface area contributed by atoms with Gasteiger partial charge in [-0.25, -0.2) is 13.1 Å². The third-order valence-corrected chi connectivity index (χ3v) is 7.57. The van der Waals surface area contributed by atoms with Crippen LogP contribution in [0.15, 0.2) is 16.3 Å². The number of fused-ring (bicyclic) bond motifs is 1. The van der Waals surface area contributed by atoms with E-state index in [2.05, 4.69) is 9.82 Å². The van der Waals surface area contributed by atoms with E-state index in [0.717, 1.165) is 17.7 Å². The number of rotatable bonds is 6. The Balaban J connectivity index is 1.73. The van der Waals surface area contributed by atoms with E-state index in [0.29, 0.717) is 25.0 Å². The van der Waals surface area contributed by atoms with Crippen molar-refractivity contribution in [3.05, 3.63) is 34.0 Å². The first-order valence-corrected chi connectivity index (χ1v) is 10.8. The van der Waals surface area contributed by atoms with Crippen LogP contribution in [0, 0.1) is 0 Å². The maximum absolute atomic E-state index is 13.2. The summed E-state index contributed by atoms with van der Waals surface area (Å²) in [5.74, 6) is 0. The molecule has 0 aliphatic heterocycles. The van der Waals surface area contributed by atoms with Gasteiger partial charge in [-0.2, -0.15) is 18.3 Å². The quantitative estimate of drug-likeness (QED) is 0.799. The molecule has 0 aromatic carbocycles. The molecule has 26 heavy (non-hydrogen) atoms. The molecule has 0 unspecified atom stereocenters. The molecule has 10 heteroatoms. The van der Waals surface area contributed by atoms with Crippen molar-refractivity contribution in [2.45, 2.75) is 56.0 Å². The maximum Gasteiger partial charge on any atom is 0.435 e.